The number of fused-ring (bicyclic) bond motifs is 1. The fraction of sp³-hybridized carbons (Fsp3) is 0.250. The largest absolute Gasteiger partial charge is 0.335 e. The van der Waals surface area contributed by atoms with Gasteiger partial charge in [0.1, 0.15) is 5.15 Å². The van der Waals surface area contributed by atoms with Crippen LogP contribution in [0.25, 0.3) is 10.9 Å². The van der Waals surface area contributed by atoms with Crippen LogP contribution in [0.2, 0.25) is 5.15 Å². The maximum atomic E-state index is 12.7. The lowest BCUT2D eigenvalue weighted by Crippen LogP contribution is -2.32. The molecule has 0 saturated heterocycles. The van der Waals surface area contributed by atoms with Crippen LogP contribution >= 0.6 is 11.6 Å². The minimum Gasteiger partial charge on any atom is -0.335 e. The van der Waals surface area contributed by atoms with E-state index in [0.717, 1.165) is 16.5 Å². The van der Waals surface area contributed by atoms with E-state index in [1.165, 1.54) is 0 Å². The number of aromatic nitrogens is 1. The summed E-state index contributed by atoms with van der Waals surface area (Å²) in [6, 6.07) is 9.15. The zero-order valence-electron chi connectivity index (χ0n) is 11.7. The summed E-state index contributed by atoms with van der Waals surface area (Å²) in [6.07, 6.45) is 0. The molecule has 0 spiro atoms. The molecule has 20 heavy (non-hydrogen) atoms. The molecule has 1 heterocycles. The number of rotatable bonds is 4. The predicted octanol–water partition coefficient (Wildman–Crippen LogP) is 3.93. The molecule has 104 valence electrons. The van der Waals surface area contributed by atoms with E-state index in [2.05, 4.69) is 11.6 Å². The van der Waals surface area contributed by atoms with Crippen LogP contribution in [0.5, 0.6) is 0 Å². The summed E-state index contributed by atoms with van der Waals surface area (Å²) in [5, 5.41) is 1.15. The highest BCUT2D eigenvalue weighted by Gasteiger charge is 2.18. The van der Waals surface area contributed by atoms with E-state index < -0.39 is 0 Å². The lowest BCUT2D eigenvalue weighted by atomic mass is 10.1. The van der Waals surface area contributed by atoms with Crippen LogP contribution in [0.3, 0.4) is 0 Å². The van der Waals surface area contributed by atoms with Gasteiger partial charge < -0.3 is 4.90 Å². The minimum atomic E-state index is -0.0454. The molecule has 0 aliphatic heterocycles. The van der Waals surface area contributed by atoms with Crippen LogP contribution in [0.1, 0.15) is 24.2 Å². The maximum Gasteiger partial charge on any atom is 0.254 e. The Kier molecular flexibility index (Phi) is 4.40. The van der Waals surface area contributed by atoms with Crippen LogP contribution in [0.15, 0.2) is 42.5 Å². The molecule has 0 unspecified atom stereocenters. The number of likely N-dealkylation sites (N-methyl/N-ethyl adjacent to an activating group) is 1. The first-order valence-corrected chi connectivity index (χ1v) is 6.89. The number of amides is 1. The van der Waals surface area contributed by atoms with Crippen molar-refractivity contribution in [3.05, 3.63) is 53.2 Å². The van der Waals surface area contributed by atoms with Gasteiger partial charge in [-0.25, -0.2) is 4.98 Å². The molecule has 1 aromatic heterocycles. The first-order chi connectivity index (χ1) is 9.52. The first kappa shape index (κ1) is 14.5. The van der Waals surface area contributed by atoms with Crippen LogP contribution in [-0.4, -0.2) is 28.9 Å². The summed E-state index contributed by atoms with van der Waals surface area (Å²) in [6.45, 7) is 8.90. The molecule has 0 atom stereocenters. The van der Waals surface area contributed by atoms with Gasteiger partial charge in [0.25, 0.3) is 5.91 Å². The molecule has 1 aromatic carbocycles. The zero-order chi connectivity index (χ0) is 14.7. The molecule has 2 aromatic rings. The van der Waals surface area contributed by atoms with Gasteiger partial charge in [-0.15, -0.1) is 0 Å². The summed E-state index contributed by atoms with van der Waals surface area (Å²) in [5.41, 5.74) is 2.27. The van der Waals surface area contributed by atoms with E-state index in [1.54, 1.807) is 11.0 Å². The van der Waals surface area contributed by atoms with Crippen LogP contribution in [-0.2, 0) is 0 Å². The van der Waals surface area contributed by atoms with Gasteiger partial charge in [-0.2, -0.15) is 0 Å². The monoisotopic (exact) mass is 288 g/mol. The van der Waals surface area contributed by atoms with Crippen molar-refractivity contribution in [1.82, 2.24) is 9.88 Å². The molecule has 0 fully saturated rings. The molecule has 0 N–H and O–H groups in total. The predicted molar refractivity (Wildman–Crippen MR) is 83.1 cm³/mol. The molecular weight excluding hydrogens is 272 g/mol. The van der Waals surface area contributed by atoms with Crippen molar-refractivity contribution in [2.75, 3.05) is 13.1 Å². The molecule has 0 radical (unpaired) electrons. The first-order valence-electron chi connectivity index (χ1n) is 6.52. The smallest absolute Gasteiger partial charge is 0.254 e. The van der Waals surface area contributed by atoms with Crippen molar-refractivity contribution in [3.63, 3.8) is 0 Å². The number of hydrogen-bond donors (Lipinski definition) is 0. The quantitative estimate of drug-likeness (QED) is 0.631. The van der Waals surface area contributed by atoms with Gasteiger partial charge in [-0.3, -0.25) is 4.79 Å². The summed E-state index contributed by atoms with van der Waals surface area (Å²) >= 11 is 6.02. The third-order valence-corrected chi connectivity index (χ3v) is 3.24. The normalized spacial score (nSPS) is 10.6. The second kappa shape index (κ2) is 6.06. The number of para-hydroxylation sites is 1. The highest BCUT2D eigenvalue weighted by molar-refractivity contribution is 6.30. The summed E-state index contributed by atoms with van der Waals surface area (Å²) < 4.78 is 0. The number of carbonyl (C=O) groups excluding carboxylic acids is 1. The number of pyridine rings is 1. The van der Waals surface area contributed by atoms with E-state index in [9.17, 15) is 4.79 Å². The van der Waals surface area contributed by atoms with Crippen molar-refractivity contribution >= 4 is 28.4 Å². The summed E-state index contributed by atoms with van der Waals surface area (Å²) in [7, 11) is 0. The molecule has 0 bridgehead atoms. The van der Waals surface area contributed by atoms with E-state index >= 15 is 0 Å². The van der Waals surface area contributed by atoms with Crippen molar-refractivity contribution in [3.8, 4) is 0 Å². The SMILES string of the molecule is C=C(C)CN(CC)C(=O)c1cc(Cl)nc2ccccc12. The number of benzene rings is 1. The van der Waals surface area contributed by atoms with Crippen LogP contribution < -0.4 is 0 Å². The average Bonchev–Trinajstić information content (AvgIpc) is 2.42. The number of carbonyl (C=O) groups is 1. The second-order valence-electron chi connectivity index (χ2n) is 4.79. The fourth-order valence-corrected chi connectivity index (χ4v) is 2.34. The molecule has 2 rings (SSSR count). The lowest BCUT2D eigenvalue weighted by Gasteiger charge is -2.21. The Labute approximate surface area is 123 Å². The minimum absolute atomic E-state index is 0.0454. The highest BCUT2D eigenvalue weighted by Crippen LogP contribution is 2.22. The van der Waals surface area contributed by atoms with Gasteiger partial charge in [-0.1, -0.05) is 42.0 Å². The Morgan fingerprint density at radius 3 is 2.75 bits per heavy atom. The van der Waals surface area contributed by atoms with Crippen molar-refractivity contribution in [1.29, 1.82) is 0 Å². The van der Waals surface area contributed by atoms with E-state index in [-0.39, 0.29) is 5.91 Å². The average molecular weight is 289 g/mol. The zero-order valence-corrected chi connectivity index (χ0v) is 12.4. The molecule has 0 aliphatic carbocycles. The van der Waals surface area contributed by atoms with Crippen molar-refractivity contribution < 1.29 is 4.79 Å². The number of hydrogen-bond acceptors (Lipinski definition) is 2. The molecule has 3 nitrogen and oxygen atoms in total. The third-order valence-electron chi connectivity index (χ3n) is 3.05. The topological polar surface area (TPSA) is 33.2 Å². The summed E-state index contributed by atoms with van der Waals surface area (Å²) in [4.78, 5) is 18.7. The highest BCUT2D eigenvalue weighted by atomic mass is 35.5. The van der Waals surface area contributed by atoms with Gasteiger partial charge in [-0.05, 0) is 26.0 Å². The van der Waals surface area contributed by atoms with E-state index in [0.29, 0.717) is 23.8 Å². The second-order valence-corrected chi connectivity index (χ2v) is 5.17. The Morgan fingerprint density at radius 1 is 1.40 bits per heavy atom. The Bertz CT molecular complexity index is 667. The van der Waals surface area contributed by atoms with E-state index in [1.807, 2.05) is 38.1 Å². The van der Waals surface area contributed by atoms with Crippen molar-refractivity contribution in [2.24, 2.45) is 0 Å². The molecule has 0 saturated carbocycles. The van der Waals surface area contributed by atoms with Crippen LogP contribution in [0.4, 0.5) is 0 Å². The maximum absolute atomic E-state index is 12.7. The fourth-order valence-electron chi connectivity index (χ4n) is 2.14. The third kappa shape index (κ3) is 2.99. The standard InChI is InChI=1S/C16H17ClN2O/c1-4-19(10-11(2)3)16(20)13-9-15(17)18-14-8-6-5-7-12(13)14/h5-9H,2,4,10H2,1,3H3. The van der Waals surface area contributed by atoms with Gasteiger partial charge >= 0.3 is 0 Å². The van der Waals surface area contributed by atoms with E-state index in [4.69, 9.17) is 11.6 Å². The van der Waals surface area contributed by atoms with Crippen LogP contribution in [0, 0.1) is 0 Å². The molecule has 1 amide bonds. The number of nitrogens with zero attached hydrogens (tertiary/aromatic N) is 2. The van der Waals surface area contributed by atoms with Gasteiger partial charge in [0.05, 0.1) is 11.1 Å². The van der Waals surface area contributed by atoms with Gasteiger partial charge in [0, 0.05) is 18.5 Å². The summed E-state index contributed by atoms with van der Waals surface area (Å²) in [5.74, 6) is -0.0454. The molecule has 0 aliphatic rings. The van der Waals surface area contributed by atoms with Gasteiger partial charge in [0.15, 0.2) is 0 Å². The Morgan fingerprint density at radius 2 is 2.10 bits per heavy atom. The molecular formula is C16H17ClN2O. The van der Waals surface area contributed by atoms with Crippen molar-refractivity contribution in [2.45, 2.75) is 13.8 Å². The molecule has 4 heteroatoms. The Hall–Kier alpha value is -1.87. The Balaban J connectivity index is 2.50. The van der Waals surface area contributed by atoms with Gasteiger partial charge in [0.2, 0.25) is 0 Å². The number of halogens is 1. The lowest BCUT2D eigenvalue weighted by molar-refractivity contribution is 0.0780.